The van der Waals surface area contributed by atoms with Gasteiger partial charge in [-0.25, -0.2) is 0 Å². The Labute approximate surface area is 282 Å². The first-order valence-electron chi connectivity index (χ1n) is 16.4. The van der Waals surface area contributed by atoms with Crippen molar-refractivity contribution in [2.24, 2.45) is 0 Å². The highest BCUT2D eigenvalue weighted by atomic mass is 32.1. The summed E-state index contributed by atoms with van der Waals surface area (Å²) in [6, 6.07) is 64.6. The van der Waals surface area contributed by atoms with Crippen LogP contribution in [-0.2, 0) is 0 Å². The molecule has 0 fully saturated rings. The van der Waals surface area contributed by atoms with E-state index in [9.17, 15) is 0 Å². The minimum Gasteiger partial charge on any atom is -0.309 e. The van der Waals surface area contributed by atoms with Crippen LogP contribution in [0, 0.1) is 0 Å². The average molecular weight is 628 g/mol. The molecular weight excluding hydrogens is 599 g/mol. The van der Waals surface area contributed by atoms with Gasteiger partial charge in [-0.05, 0) is 79.8 Å². The Morgan fingerprint density at radius 3 is 1.83 bits per heavy atom. The number of hydrogen-bond acceptors (Lipinski definition) is 2. The van der Waals surface area contributed by atoms with E-state index in [1.165, 1.54) is 80.1 Å². The minimum absolute atomic E-state index is 1.14. The van der Waals surface area contributed by atoms with Crippen LogP contribution in [0.25, 0.3) is 74.4 Å². The van der Waals surface area contributed by atoms with Gasteiger partial charge in [0.1, 0.15) is 0 Å². The maximum Gasteiger partial charge on any atom is 0.0546 e. The fourth-order valence-corrected chi connectivity index (χ4v) is 8.78. The van der Waals surface area contributed by atoms with Gasteiger partial charge in [-0.2, -0.15) is 0 Å². The average Bonchev–Trinajstić information content (AvgIpc) is 3.54. The van der Waals surface area contributed by atoms with Crippen molar-refractivity contribution >= 4 is 91.7 Å². The molecule has 0 saturated heterocycles. The largest absolute Gasteiger partial charge is 0.309 e. The van der Waals surface area contributed by atoms with Crippen LogP contribution in [0.3, 0.4) is 0 Å². The third-order valence-corrected chi connectivity index (χ3v) is 10.9. The molecule has 1 heterocycles. The Hall–Kier alpha value is -5.96. The summed E-state index contributed by atoms with van der Waals surface area (Å²) in [5, 5.41) is 12.7. The summed E-state index contributed by atoms with van der Waals surface area (Å²) >= 11 is 1.87. The van der Waals surface area contributed by atoms with Crippen molar-refractivity contribution in [3.05, 3.63) is 176 Å². The summed E-state index contributed by atoms with van der Waals surface area (Å²) < 4.78 is 2.66. The smallest absolute Gasteiger partial charge is 0.0546 e. The minimum atomic E-state index is 1.14. The molecule has 9 aromatic carbocycles. The Balaban J connectivity index is 1.29. The Bertz CT molecular complexity index is 2850. The lowest BCUT2D eigenvalue weighted by Gasteiger charge is -2.29. The molecule has 0 aliphatic rings. The predicted molar refractivity (Wildman–Crippen MR) is 209 cm³/mol. The van der Waals surface area contributed by atoms with Crippen LogP contribution < -0.4 is 4.90 Å². The van der Waals surface area contributed by atoms with Crippen LogP contribution in [0.15, 0.2) is 176 Å². The molecule has 10 aromatic rings. The van der Waals surface area contributed by atoms with Crippen molar-refractivity contribution in [3.8, 4) is 11.1 Å². The molecule has 0 saturated carbocycles. The van der Waals surface area contributed by atoms with Gasteiger partial charge < -0.3 is 4.90 Å². The van der Waals surface area contributed by atoms with Crippen LogP contribution in [0.5, 0.6) is 0 Å². The first kappa shape index (κ1) is 27.2. The summed E-state index contributed by atoms with van der Waals surface area (Å²) in [5.74, 6) is 0. The highest BCUT2D eigenvalue weighted by Gasteiger charge is 2.21. The third kappa shape index (κ3) is 4.17. The normalized spacial score (nSPS) is 11.8. The van der Waals surface area contributed by atoms with Crippen molar-refractivity contribution in [3.63, 3.8) is 0 Å². The van der Waals surface area contributed by atoms with Gasteiger partial charge in [0.25, 0.3) is 0 Å². The van der Waals surface area contributed by atoms with Gasteiger partial charge >= 0.3 is 0 Å². The van der Waals surface area contributed by atoms with Crippen molar-refractivity contribution < 1.29 is 0 Å². The number of hydrogen-bond donors (Lipinski definition) is 0. The quantitative estimate of drug-likeness (QED) is 0.176. The van der Waals surface area contributed by atoms with Crippen molar-refractivity contribution in [2.75, 3.05) is 4.90 Å². The zero-order chi connectivity index (χ0) is 31.6. The highest BCUT2D eigenvalue weighted by molar-refractivity contribution is 7.26. The molecule has 0 amide bonds. The van der Waals surface area contributed by atoms with E-state index in [1.807, 2.05) is 11.3 Å². The number of thiophene rings is 1. The van der Waals surface area contributed by atoms with E-state index in [1.54, 1.807) is 0 Å². The second kappa shape index (κ2) is 10.8. The number of nitrogens with zero attached hydrogens (tertiary/aromatic N) is 1. The number of rotatable bonds is 4. The summed E-state index contributed by atoms with van der Waals surface area (Å²) in [6.07, 6.45) is 0. The molecular formula is C46H29NS. The summed E-state index contributed by atoms with van der Waals surface area (Å²) in [5.41, 5.74) is 5.93. The summed E-state index contributed by atoms with van der Waals surface area (Å²) in [4.78, 5) is 2.49. The molecule has 1 aromatic heterocycles. The van der Waals surface area contributed by atoms with Crippen molar-refractivity contribution in [2.45, 2.75) is 0 Å². The number of benzene rings is 9. The molecule has 0 aliphatic heterocycles. The van der Waals surface area contributed by atoms with Crippen LogP contribution in [0.4, 0.5) is 17.1 Å². The molecule has 10 rings (SSSR count). The van der Waals surface area contributed by atoms with Gasteiger partial charge in [0.05, 0.1) is 11.4 Å². The number of fused-ring (bicyclic) bond motifs is 9. The maximum absolute atomic E-state index is 2.49. The Morgan fingerprint density at radius 1 is 0.354 bits per heavy atom. The zero-order valence-corrected chi connectivity index (χ0v) is 26.9. The topological polar surface area (TPSA) is 3.24 Å². The summed E-state index contributed by atoms with van der Waals surface area (Å²) in [7, 11) is 0. The van der Waals surface area contributed by atoms with Crippen LogP contribution in [-0.4, -0.2) is 0 Å². The van der Waals surface area contributed by atoms with E-state index in [2.05, 4.69) is 181 Å². The first-order chi connectivity index (χ1) is 23.8. The summed E-state index contributed by atoms with van der Waals surface area (Å²) in [6.45, 7) is 0. The van der Waals surface area contributed by atoms with E-state index in [0.717, 1.165) is 11.4 Å². The molecule has 0 atom stereocenters. The van der Waals surface area contributed by atoms with E-state index in [4.69, 9.17) is 0 Å². The van der Waals surface area contributed by atoms with Gasteiger partial charge in [-0.15, -0.1) is 11.3 Å². The molecule has 0 radical (unpaired) electrons. The molecule has 2 heteroatoms. The zero-order valence-electron chi connectivity index (χ0n) is 26.1. The lowest BCUT2D eigenvalue weighted by atomic mass is 9.95. The van der Waals surface area contributed by atoms with Gasteiger partial charge in [0.15, 0.2) is 0 Å². The van der Waals surface area contributed by atoms with Gasteiger partial charge in [0, 0.05) is 36.6 Å². The molecule has 224 valence electrons. The van der Waals surface area contributed by atoms with Crippen LogP contribution in [0.1, 0.15) is 0 Å². The molecule has 1 nitrogen and oxygen atoms in total. The fraction of sp³-hybridized carbons (Fsp3) is 0. The fourth-order valence-electron chi connectivity index (χ4n) is 7.65. The second-order valence-corrected chi connectivity index (χ2v) is 13.6. The van der Waals surface area contributed by atoms with Crippen molar-refractivity contribution in [1.82, 2.24) is 0 Å². The van der Waals surface area contributed by atoms with E-state index in [0.29, 0.717) is 0 Å². The molecule has 0 bridgehead atoms. The molecule has 0 spiro atoms. The lowest BCUT2D eigenvalue weighted by molar-refractivity contribution is 1.32. The third-order valence-electron chi connectivity index (χ3n) is 9.81. The van der Waals surface area contributed by atoms with Gasteiger partial charge in [0.2, 0.25) is 0 Å². The van der Waals surface area contributed by atoms with Crippen LogP contribution >= 0.6 is 11.3 Å². The molecule has 0 aliphatic carbocycles. The Morgan fingerprint density at radius 2 is 1.00 bits per heavy atom. The standard InChI is InChI=1S/C46H29NS/c1-2-12-30(13-3-1)35-25-26-42(39-18-8-6-17-38(35)39)47(43-29-31-14-4-5-15-34(31)37-16-7-9-19-40(37)43)33-23-24-36-32(28-33)22-27-45-46(36)41-20-10-11-21-44(41)48-45/h1-29H. The number of anilines is 3. The van der Waals surface area contributed by atoms with E-state index >= 15 is 0 Å². The molecule has 48 heavy (non-hydrogen) atoms. The Kier molecular flexibility index (Phi) is 6.12. The first-order valence-corrected chi connectivity index (χ1v) is 17.3. The van der Waals surface area contributed by atoms with E-state index < -0.39 is 0 Å². The van der Waals surface area contributed by atoms with Gasteiger partial charge in [-0.1, -0.05) is 140 Å². The SMILES string of the molecule is c1ccc(-c2ccc(N(c3ccc4c(ccc5sc6ccccc6c54)c3)c3cc4ccccc4c4ccccc34)c3ccccc23)cc1. The monoisotopic (exact) mass is 627 g/mol. The second-order valence-electron chi connectivity index (χ2n) is 12.5. The van der Waals surface area contributed by atoms with E-state index in [-0.39, 0.29) is 0 Å². The van der Waals surface area contributed by atoms with Gasteiger partial charge in [-0.3, -0.25) is 0 Å². The maximum atomic E-state index is 2.49. The molecule has 0 N–H and O–H groups in total. The van der Waals surface area contributed by atoms with Crippen molar-refractivity contribution in [1.29, 1.82) is 0 Å². The van der Waals surface area contributed by atoms with Crippen LogP contribution in [0.2, 0.25) is 0 Å². The predicted octanol–water partition coefficient (Wildman–Crippen LogP) is 13.8. The lowest BCUT2D eigenvalue weighted by Crippen LogP contribution is -2.11. The molecule has 0 unspecified atom stereocenters. The highest BCUT2D eigenvalue weighted by Crippen LogP contribution is 2.47.